The fraction of sp³-hybridized carbons (Fsp3) is 0.500. The third-order valence-corrected chi connectivity index (χ3v) is 7.00. The number of carbonyl (C=O) groups is 4. The summed E-state index contributed by atoms with van der Waals surface area (Å²) < 4.78 is 27.3. The lowest BCUT2D eigenvalue weighted by Crippen LogP contribution is -2.46. The Kier molecular flexibility index (Phi) is 8.20. The summed E-state index contributed by atoms with van der Waals surface area (Å²) in [6.45, 7) is 3.20. The molecule has 10 nitrogen and oxygen atoms in total. The molecule has 1 atom stereocenters. The van der Waals surface area contributed by atoms with Crippen LogP contribution in [0.1, 0.15) is 36.5 Å². The van der Waals surface area contributed by atoms with Crippen molar-refractivity contribution in [2.75, 3.05) is 51.2 Å². The van der Waals surface area contributed by atoms with Gasteiger partial charge < -0.3 is 25.3 Å². The average Bonchev–Trinajstić information content (AvgIpc) is 3.21. The van der Waals surface area contributed by atoms with Crippen LogP contribution in [-0.2, 0) is 14.4 Å². The largest absolute Gasteiger partial charge is 0.343 e. The van der Waals surface area contributed by atoms with Gasteiger partial charge in [-0.25, -0.2) is 8.78 Å². The van der Waals surface area contributed by atoms with Gasteiger partial charge in [-0.3, -0.25) is 24.2 Å². The summed E-state index contributed by atoms with van der Waals surface area (Å²) >= 11 is 0. The van der Waals surface area contributed by atoms with Gasteiger partial charge in [0.15, 0.2) is 0 Å². The highest BCUT2D eigenvalue weighted by Crippen LogP contribution is 2.31. The van der Waals surface area contributed by atoms with Crippen LogP contribution in [-0.4, -0.2) is 96.7 Å². The van der Waals surface area contributed by atoms with Crippen molar-refractivity contribution in [3.05, 3.63) is 36.0 Å². The van der Waals surface area contributed by atoms with E-state index in [0.29, 0.717) is 29.7 Å². The number of piperazine rings is 1. The first-order valence-corrected chi connectivity index (χ1v) is 12.6. The molecule has 38 heavy (non-hydrogen) atoms. The molecule has 3 heterocycles. The normalized spacial score (nSPS) is 18.9. The Morgan fingerprint density at radius 2 is 1.87 bits per heavy atom. The van der Waals surface area contributed by atoms with Crippen LogP contribution in [0.4, 0.5) is 14.5 Å². The predicted octanol–water partition coefficient (Wildman–Crippen LogP) is 1.40. The van der Waals surface area contributed by atoms with E-state index < -0.39 is 43.3 Å². The number of rotatable bonds is 7. The minimum absolute atomic E-state index is 0.0494. The van der Waals surface area contributed by atoms with E-state index in [4.69, 9.17) is 0 Å². The van der Waals surface area contributed by atoms with E-state index in [9.17, 15) is 28.0 Å². The van der Waals surface area contributed by atoms with E-state index in [2.05, 4.69) is 15.6 Å². The van der Waals surface area contributed by atoms with Gasteiger partial charge in [0.2, 0.25) is 17.7 Å². The number of likely N-dealkylation sites (tertiary alicyclic amines) is 1. The van der Waals surface area contributed by atoms with Crippen LogP contribution in [0.5, 0.6) is 0 Å². The summed E-state index contributed by atoms with van der Waals surface area (Å²) in [5.41, 5.74) is 1.26. The van der Waals surface area contributed by atoms with Crippen molar-refractivity contribution in [2.24, 2.45) is 0 Å². The molecule has 0 spiro atoms. The lowest BCUT2D eigenvalue weighted by Gasteiger charge is -2.27. The highest BCUT2D eigenvalue weighted by Gasteiger charge is 2.44. The van der Waals surface area contributed by atoms with Crippen molar-refractivity contribution in [1.29, 1.82) is 0 Å². The van der Waals surface area contributed by atoms with Gasteiger partial charge in [-0.05, 0) is 31.2 Å². The van der Waals surface area contributed by atoms with Crippen LogP contribution >= 0.6 is 0 Å². The van der Waals surface area contributed by atoms with Crippen LogP contribution in [0.3, 0.4) is 0 Å². The van der Waals surface area contributed by atoms with Crippen molar-refractivity contribution >= 4 is 40.2 Å². The Bertz CT molecular complexity index is 1230. The summed E-state index contributed by atoms with van der Waals surface area (Å²) in [6.07, 6.45) is 1.22. The van der Waals surface area contributed by atoms with Gasteiger partial charge in [-0.2, -0.15) is 0 Å². The summed E-state index contributed by atoms with van der Waals surface area (Å²) in [5, 5.41) is 6.17. The fourth-order valence-corrected chi connectivity index (χ4v) is 4.84. The second kappa shape index (κ2) is 11.4. The van der Waals surface area contributed by atoms with Crippen molar-refractivity contribution < 1.29 is 28.0 Å². The van der Waals surface area contributed by atoms with E-state index in [0.717, 1.165) is 18.0 Å². The molecule has 0 aliphatic carbocycles. The third kappa shape index (κ3) is 6.24. The number of anilines is 1. The number of aromatic nitrogens is 1. The number of hydrogen-bond acceptors (Lipinski definition) is 6. The first kappa shape index (κ1) is 27.4. The molecule has 2 saturated heterocycles. The number of fused-ring (bicyclic) bond motifs is 1. The van der Waals surface area contributed by atoms with E-state index in [1.54, 1.807) is 37.1 Å². The Morgan fingerprint density at radius 1 is 1.13 bits per heavy atom. The second-order valence-electron chi connectivity index (χ2n) is 9.76. The number of alkyl halides is 2. The van der Waals surface area contributed by atoms with Gasteiger partial charge in [0.05, 0.1) is 24.2 Å². The second-order valence-corrected chi connectivity index (χ2v) is 9.76. The smallest absolute Gasteiger partial charge is 0.267 e. The summed E-state index contributed by atoms with van der Waals surface area (Å²) in [7, 11) is 1.60. The molecule has 0 bridgehead atoms. The molecule has 0 unspecified atom stereocenters. The maximum atomic E-state index is 13.6. The predicted molar refractivity (Wildman–Crippen MR) is 137 cm³/mol. The number of carbonyl (C=O) groups excluding carboxylic acids is 4. The maximum Gasteiger partial charge on any atom is 0.267 e. The molecule has 1 aromatic carbocycles. The van der Waals surface area contributed by atoms with Gasteiger partial charge in [0.1, 0.15) is 0 Å². The Hall–Kier alpha value is -3.67. The van der Waals surface area contributed by atoms with Gasteiger partial charge in [-0.1, -0.05) is 0 Å². The molecule has 204 valence electrons. The maximum absolute atomic E-state index is 13.6. The fourth-order valence-electron chi connectivity index (χ4n) is 4.84. The minimum atomic E-state index is -2.93. The highest BCUT2D eigenvalue weighted by molar-refractivity contribution is 6.08. The van der Waals surface area contributed by atoms with Crippen LogP contribution in [0.25, 0.3) is 10.9 Å². The molecule has 1 aromatic heterocycles. The van der Waals surface area contributed by atoms with Crippen LogP contribution in [0.15, 0.2) is 30.5 Å². The first-order chi connectivity index (χ1) is 18.1. The molecule has 2 N–H and O–H groups in total. The van der Waals surface area contributed by atoms with Crippen LogP contribution in [0.2, 0.25) is 0 Å². The number of benzene rings is 1. The first-order valence-electron chi connectivity index (χ1n) is 12.6. The molecule has 2 aliphatic heterocycles. The molecule has 4 amide bonds. The van der Waals surface area contributed by atoms with E-state index in [1.807, 2.05) is 0 Å². The SMILES string of the molecule is C[C@H]1CC(F)(F)CN1C(=O)CNC(=O)c1ccnc2ccc(N(C)C(=O)CCC(=O)N3CCNCC3)cc12. The number of amides is 4. The topological polar surface area (TPSA) is 115 Å². The van der Waals surface area contributed by atoms with Gasteiger partial charge >= 0.3 is 0 Å². The number of nitrogens with one attached hydrogen (secondary N) is 2. The lowest BCUT2D eigenvalue weighted by molar-refractivity contribution is -0.133. The zero-order valence-corrected chi connectivity index (χ0v) is 21.5. The number of hydrogen-bond donors (Lipinski definition) is 2. The van der Waals surface area contributed by atoms with E-state index in [1.165, 1.54) is 17.2 Å². The van der Waals surface area contributed by atoms with Crippen molar-refractivity contribution in [3.63, 3.8) is 0 Å². The third-order valence-electron chi connectivity index (χ3n) is 7.00. The summed E-state index contributed by atoms with van der Waals surface area (Å²) in [4.78, 5) is 59.2. The van der Waals surface area contributed by atoms with Crippen LogP contribution < -0.4 is 15.5 Å². The Labute approximate surface area is 219 Å². The number of nitrogens with zero attached hydrogens (tertiary/aromatic N) is 4. The molecule has 0 radical (unpaired) electrons. The highest BCUT2D eigenvalue weighted by atomic mass is 19.3. The molecule has 2 aliphatic rings. The zero-order valence-electron chi connectivity index (χ0n) is 21.5. The summed E-state index contributed by atoms with van der Waals surface area (Å²) in [5.74, 6) is -4.38. The Balaban J connectivity index is 1.41. The molecule has 2 fully saturated rings. The van der Waals surface area contributed by atoms with E-state index in [-0.39, 0.29) is 30.2 Å². The quantitative estimate of drug-likeness (QED) is 0.559. The monoisotopic (exact) mass is 530 g/mol. The molecule has 2 aromatic rings. The Morgan fingerprint density at radius 3 is 2.55 bits per heavy atom. The van der Waals surface area contributed by atoms with Gasteiger partial charge in [0, 0.05) is 75.8 Å². The van der Waals surface area contributed by atoms with Crippen molar-refractivity contribution in [1.82, 2.24) is 25.4 Å². The molecule has 12 heteroatoms. The zero-order chi connectivity index (χ0) is 27.4. The number of halogens is 2. The average molecular weight is 531 g/mol. The van der Waals surface area contributed by atoms with Crippen molar-refractivity contribution in [3.8, 4) is 0 Å². The van der Waals surface area contributed by atoms with E-state index >= 15 is 0 Å². The molecule has 0 saturated carbocycles. The minimum Gasteiger partial charge on any atom is -0.343 e. The standard InChI is InChI=1S/C26H32F2N6O4/c1-17-14-26(27,28)16-34(17)24(37)15-31-25(38)19-7-8-30-21-4-3-18(13-20(19)21)32(2)22(35)5-6-23(36)33-11-9-29-10-12-33/h3-4,7-8,13,17,29H,5-6,9-12,14-16H2,1-2H3,(H,31,38)/t17-/m0/s1. The van der Waals surface area contributed by atoms with Gasteiger partial charge in [-0.15, -0.1) is 0 Å². The molecule has 4 rings (SSSR count). The summed E-state index contributed by atoms with van der Waals surface area (Å²) in [6, 6.07) is 5.91. The van der Waals surface area contributed by atoms with Gasteiger partial charge in [0.25, 0.3) is 11.8 Å². The lowest BCUT2D eigenvalue weighted by atomic mass is 10.1. The van der Waals surface area contributed by atoms with Crippen molar-refractivity contribution in [2.45, 2.75) is 38.2 Å². The van der Waals surface area contributed by atoms with Crippen LogP contribution in [0, 0.1) is 0 Å². The number of pyridine rings is 1. The molecular weight excluding hydrogens is 498 g/mol. The molecular formula is C26H32F2N6O4.